The lowest BCUT2D eigenvalue weighted by molar-refractivity contribution is -0.137. The van der Waals surface area contributed by atoms with Crippen molar-refractivity contribution in [2.75, 3.05) is 0 Å². The van der Waals surface area contributed by atoms with Gasteiger partial charge in [-0.1, -0.05) is 18.2 Å². The van der Waals surface area contributed by atoms with Crippen molar-refractivity contribution in [3.63, 3.8) is 0 Å². The quantitative estimate of drug-likeness (QED) is 0.736. The van der Waals surface area contributed by atoms with Crippen LogP contribution in [-0.4, -0.2) is 9.97 Å². The Hall–Kier alpha value is -1.43. The Kier molecular flexibility index (Phi) is 3.38. The normalized spacial score (nSPS) is 11.6. The molecule has 0 fully saturated rings. The fraction of sp³-hybridized carbons (Fsp3) is 0.167. The average molecular weight is 317 g/mol. The van der Waals surface area contributed by atoms with E-state index in [1.807, 2.05) is 0 Å². The van der Waals surface area contributed by atoms with E-state index < -0.39 is 11.7 Å². The van der Waals surface area contributed by atoms with Crippen molar-refractivity contribution in [3.05, 3.63) is 46.3 Å². The van der Waals surface area contributed by atoms with Crippen LogP contribution in [0.25, 0.3) is 11.3 Å². The lowest BCUT2D eigenvalue weighted by Gasteiger charge is -2.12. The first kappa shape index (κ1) is 13.0. The van der Waals surface area contributed by atoms with Crippen LogP contribution < -0.4 is 0 Å². The van der Waals surface area contributed by atoms with Crippen LogP contribution in [0.15, 0.2) is 35.1 Å². The molecular weight excluding hydrogens is 309 g/mol. The number of halogens is 4. The maximum atomic E-state index is 12.9. The summed E-state index contributed by atoms with van der Waals surface area (Å²) in [5, 5.41) is 0. The number of aryl methyl sites for hydroxylation is 1. The molecule has 18 heavy (non-hydrogen) atoms. The fourth-order valence-electron chi connectivity index (χ4n) is 1.62. The van der Waals surface area contributed by atoms with Gasteiger partial charge >= 0.3 is 6.18 Å². The first-order chi connectivity index (χ1) is 8.38. The Morgan fingerprint density at radius 2 is 1.78 bits per heavy atom. The van der Waals surface area contributed by atoms with Crippen LogP contribution in [0.3, 0.4) is 0 Å². The van der Waals surface area contributed by atoms with Crippen LogP contribution in [0, 0.1) is 6.92 Å². The molecule has 0 saturated carbocycles. The highest BCUT2D eigenvalue weighted by molar-refractivity contribution is 9.10. The SMILES string of the molecule is Cc1cc(-c2ccccc2C(F)(F)F)nc(Br)n1. The number of nitrogens with zero attached hydrogens (tertiary/aromatic N) is 2. The van der Waals surface area contributed by atoms with Crippen molar-refractivity contribution >= 4 is 15.9 Å². The van der Waals surface area contributed by atoms with Crippen LogP contribution in [0.1, 0.15) is 11.3 Å². The Balaban J connectivity index is 2.64. The van der Waals surface area contributed by atoms with E-state index in [0.29, 0.717) is 5.69 Å². The predicted octanol–water partition coefficient (Wildman–Crippen LogP) is 4.23. The van der Waals surface area contributed by atoms with E-state index in [9.17, 15) is 13.2 Å². The molecule has 1 heterocycles. The molecule has 0 saturated heterocycles. The van der Waals surface area contributed by atoms with Crippen LogP contribution in [0.4, 0.5) is 13.2 Å². The van der Waals surface area contributed by atoms with Gasteiger partial charge in [-0.2, -0.15) is 13.2 Å². The maximum absolute atomic E-state index is 12.9. The number of rotatable bonds is 1. The summed E-state index contributed by atoms with van der Waals surface area (Å²) in [6, 6.07) is 6.87. The summed E-state index contributed by atoms with van der Waals surface area (Å²) in [5.74, 6) is 0. The van der Waals surface area contributed by atoms with Crippen molar-refractivity contribution < 1.29 is 13.2 Å². The smallest absolute Gasteiger partial charge is 0.227 e. The molecule has 2 rings (SSSR count). The molecule has 0 bridgehead atoms. The highest BCUT2D eigenvalue weighted by Gasteiger charge is 2.33. The van der Waals surface area contributed by atoms with E-state index >= 15 is 0 Å². The maximum Gasteiger partial charge on any atom is 0.417 e. The van der Waals surface area contributed by atoms with Crippen molar-refractivity contribution in [2.45, 2.75) is 13.1 Å². The summed E-state index contributed by atoms with van der Waals surface area (Å²) in [7, 11) is 0. The topological polar surface area (TPSA) is 25.8 Å². The van der Waals surface area contributed by atoms with Crippen molar-refractivity contribution in [3.8, 4) is 11.3 Å². The summed E-state index contributed by atoms with van der Waals surface area (Å²) in [6.45, 7) is 1.70. The molecule has 1 aromatic heterocycles. The number of benzene rings is 1. The van der Waals surface area contributed by atoms with Crippen molar-refractivity contribution in [1.29, 1.82) is 0 Å². The van der Waals surface area contributed by atoms with E-state index in [1.54, 1.807) is 13.0 Å². The van der Waals surface area contributed by atoms with Crippen molar-refractivity contribution in [1.82, 2.24) is 9.97 Å². The lowest BCUT2D eigenvalue weighted by Crippen LogP contribution is -2.07. The third kappa shape index (κ3) is 2.69. The molecular formula is C12H8BrF3N2. The summed E-state index contributed by atoms with van der Waals surface area (Å²) < 4.78 is 38.9. The van der Waals surface area contributed by atoms with Gasteiger partial charge in [-0.05, 0) is 35.0 Å². The third-order valence-corrected chi connectivity index (χ3v) is 2.69. The lowest BCUT2D eigenvalue weighted by atomic mass is 10.0. The second-order valence-corrected chi connectivity index (χ2v) is 4.42. The second-order valence-electron chi connectivity index (χ2n) is 3.71. The first-order valence-corrected chi connectivity index (χ1v) is 5.85. The van der Waals surface area contributed by atoms with Crippen LogP contribution in [0.2, 0.25) is 0 Å². The van der Waals surface area contributed by atoms with E-state index in [4.69, 9.17) is 0 Å². The largest absolute Gasteiger partial charge is 0.417 e. The minimum Gasteiger partial charge on any atom is -0.227 e. The first-order valence-electron chi connectivity index (χ1n) is 5.06. The van der Waals surface area contributed by atoms with E-state index in [2.05, 4.69) is 25.9 Å². The van der Waals surface area contributed by atoms with Gasteiger partial charge in [0.05, 0.1) is 11.3 Å². The number of hydrogen-bond donors (Lipinski definition) is 0. The number of alkyl halides is 3. The van der Waals surface area contributed by atoms with Crippen molar-refractivity contribution in [2.24, 2.45) is 0 Å². The van der Waals surface area contributed by atoms with Gasteiger partial charge in [0.2, 0.25) is 0 Å². The Morgan fingerprint density at radius 1 is 1.11 bits per heavy atom. The van der Waals surface area contributed by atoms with Gasteiger partial charge in [0.15, 0.2) is 4.73 Å². The molecule has 6 heteroatoms. The molecule has 0 N–H and O–H groups in total. The summed E-state index contributed by atoms with van der Waals surface area (Å²) in [6.07, 6.45) is -4.40. The van der Waals surface area contributed by atoms with E-state index in [-0.39, 0.29) is 16.0 Å². The van der Waals surface area contributed by atoms with Gasteiger partial charge in [-0.25, -0.2) is 9.97 Å². The van der Waals surface area contributed by atoms with Gasteiger partial charge in [-0.15, -0.1) is 0 Å². The molecule has 0 aliphatic heterocycles. The Bertz CT molecular complexity index is 562. The predicted molar refractivity (Wildman–Crippen MR) is 64.9 cm³/mol. The van der Waals surface area contributed by atoms with Gasteiger partial charge in [0.25, 0.3) is 0 Å². The fourth-order valence-corrected chi connectivity index (χ4v) is 2.09. The van der Waals surface area contributed by atoms with Crippen LogP contribution in [0.5, 0.6) is 0 Å². The summed E-state index contributed by atoms with van der Waals surface area (Å²) >= 11 is 3.08. The molecule has 0 aliphatic carbocycles. The van der Waals surface area contributed by atoms with E-state index in [0.717, 1.165) is 6.07 Å². The molecule has 0 amide bonds. The van der Waals surface area contributed by atoms with Crippen LogP contribution >= 0.6 is 15.9 Å². The third-order valence-electron chi connectivity index (χ3n) is 2.34. The average Bonchev–Trinajstić information content (AvgIpc) is 2.26. The number of aromatic nitrogens is 2. The van der Waals surface area contributed by atoms with Gasteiger partial charge in [-0.3, -0.25) is 0 Å². The summed E-state index contributed by atoms with van der Waals surface area (Å²) in [4.78, 5) is 7.96. The zero-order valence-corrected chi connectivity index (χ0v) is 10.9. The number of hydrogen-bond acceptors (Lipinski definition) is 2. The van der Waals surface area contributed by atoms with Gasteiger partial charge < -0.3 is 0 Å². The van der Waals surface area contributed by atoms with Crippen LogP contribution in [-0.2, 0) is 6.18 Å². The zero-order valence-electron chi connectivity index (χ0n) is 9.29. The summed E-state index contributed by atoms with van der Waals surface area (Å²) in [5.41, 5.74) is 0.206. The minimum atomic E-state index is -4.40. The van der Waals surface area contributed by atoms with Gasteiger partial charge in [0.1, 0.15) is 0 Å². The second kappa shape index (κ2) is 4.68. The zero-order chi connectivity index (χ0) is 13.3. The molecule has 0 unspecified atom stereocenters. The Labute approximate surface area is 110 Å². The standard InChI is InChI=1S/C12H8BrF3N2/c1-7-6-10(18-11(13)17-7)8-4-2-3-5-9(8)12(14,15)16/h2-6H,1H3. The van der Waals surface area contributed by atoms with E-state index in [1.165, 1.54) is 18.2 Å². The molecule has 2 nitrogen and oxygen atoms in total. The molecule has 0 aliphatic rings. The minimum absolute atomic E-state index is 0.0520. The van der Waals surface area contributed by atoms with Gasteiger partial charge in [0, 0.05) is 11.3 Å². The highest BCUT2D eigenvalue weighted by Crippen LogP contribution is 2.36. The molecule has 0 radical (unpaired) electrons. The Morgan fingerprint density at radius 3 is 2.39 bits per heavy atom. The molecule has 94 valence electrons. The molecule has 0 atom stereocenters. The highest BCUT2D eigenvalue weighted by atomic mass is 79.9. The molecule has 1 aromatic carbocycles. The molecule has 2 aromatic rings. The monoisotopic (exact) mass is 316 g/mol. The molecule has 0 spiro atoms.